The third-order valence-corrected chi connectivity index (χ3v) is 4.83. The Kier molecular flexibility index (Phi) is 6.10. The topological polar surface area (TPSA) is 90.9 Å². The quantitative estimate of drug-likeness (QED) is 0.610. The first-order chi connectivity index (χ1) is 12.9. The molecule has 3 rings (SSSR count). The Morgan fingerprint density at radius 3 is 2.44 bits per heavy atom. The minimum absolute atomic E-state index is 0.00746. The van der Waals surface area contributed by atoms with E-state index < -0.39 is 12.6 Å². The number of nitrogens with one attached hydrogen (secondary N) is 2. The minimum Gasteiger partial charge on any atom is -0.480 e. The third kappa shape index (κ3) is 6.06. The number of ether oxygens (including phenoxy) is 1. The zero-order chi connectivity index (χ0) is 19.4. The summed E-state index contributed by atoms with van der Waals surface area (Å²) in [4.78, 5) is 25.1. The molecule has 0 radical (unpaired) electrons. The van der Waals surface area contributed by atoms with Gasteiger partial charge in [0.1, 0.15) is 5.75 Å². The summed E-state index contributed by atoms with van der Waals surface area (Å²) in [7, 11) is 0. The lowest BCUT2D eigenvalue weighted by molar-refractivity contribution is -0.139. The van der Waals surface area contributed by atoms with Crippen LogP contribution in [0.3, 0.4) is 0 Å². The molecule has 0 atom stereocenters. The summed E-state index contributed by atoms with van der Waals surface area (Å²) < 4.78 is 28.5. The van der Waals surface area contributed by atoms with Gasteiger partial charge in [0.15, 0.2) is 0 Å². The molecule has 2 fully saturated rings. The summed E-state index contributed by atoms with van der Waals surface area (Å²) in [5.74, 6) is -0.201. The van der Waals surface area contributed by atoms with Crippen molar-refractivity contribution in [1.82, 2.24) is 10.2 Å². The van der Waals surface area contributed by atoms with Crippen LogP contribution in [0.15, 0.2) is 24.3 Å². The Morgan fingerprint density at radius 2 is 1.89 bits per heavy atom. The minimum atomic E-state index is -2.89. The van der Waals surface area contributed by atoms with E-state index in [1.165, 1.54) is 24.3 Å². The molecule has 2 amide bonds. The van der Waals surface area contributed by atoms with Crippen LogP contribution in [0.4, 0.5) is 19.3 Å². The molecular weight excluding hydrogens is 360 g/mol. The highest BCUT2D eigenvalue weighted by atomic mass is 19.3. The van der Waals surface area contributed by atoms with Crippen molar-refractivity contribution in [3.8, 4) is 5.75 Å². The van der Waals surface area contributed by atoms with E-state index in [-0.39, 0.29) is 30.4 Å². The summed E-state index contributed by atoms with van der Waals surface area (Å²) in [5, 5.41) is 14.5. The number of amides is 2. The first kappa shape index (κ1) is 19.3. The molecule has 9 heteroatoms. The van der Waals surface area contributed by atoms with Gasteiger partial charge in [0.25, 0.3) is 0 Å². The first-order valence-electron chi connectivity index (χ1n) is 8.97. The molecule has 0 saturated heterocycles. The number of alkyl halides is 2. The second-order valence-corrected chi connectivity index (χ2v) is 7.09. The molecule has 0 aromatic heterocycles. The van der Waals surface area contributed by atoms with Gasteiger partial charge in [-0.1, -0.05) is 0 Å². The van der Waals surface area contributed by atoms with E-state index >= 15 is 0 Å². The van der Waals surface area contributed by atoms with E-state index in [1.54, 1.807) is 0 Å². The number of carbonyl (C=O) groups excluding carboxylic acids is 1. The maximum absolute atomic E-state index is 12.1. The molecule has 2 saturated carbocycles. The molecule has 1 aromatic carbocycles. The number of nitrogens with zero attached hydrogens (tertiary/aromatic N) is 1. The number of halogens is 2. The van der Waals surface area contributed by atoms with Crippen LogP contribution in [0, 0.1) is 5.92 Å². The van der Waals surface area contributed by atoms with Gasteiger partial charge in [0, 0.05) is 24.3 Å². The van der Waals surface area contributed by atoms with Crippen molar-refractivity contribution in [2.75, 3.05) is 18.4 Å². The predicted octanol–water partition coefficient (Wildman–Crippen LogP) is 2.74. The van der Waals surface area contributed by atoms with Crippen molar-refractivity contribution in [2.45, 2.75) is 44.4 Å². The molecular formula is C18H23F2N3O4. The van der Waals surface area contributed by atoms with Crippen molar-refractivity contribution >= 4 is 17.7 Å². The lowest BCUT2D eigenvalue weighted by atomic mass is 9.85. The van der Waals surface area contributed by atoms with Crippen molar-refractivity contribution in [3.63, 3.8) is 0 Å². The number of carboxylic acid groups (broad SMARTS) is 1. The number of carboxylic acids is 1. The normalized spacial score (nSPS) is 21.6. The lowest BCUT2D eigenvalue weighted by Crippen LogP contribution is -2.55. The largest absolute Gasteiger partial charge is 0.480 e. The average Bonchev–Trinajstić information content (AvgIpc) is 3.35. The molecule has 0 unspecified atom stereocenters. The highest BCUT2D eigenvalue weighted by molar-refractivity contribution is 5.89. The molecule has 0 heterocycles. The molecule has 148 valence electrons. The molecule has 2 aliphatic carbocycles. The third-order valence-electron chi connectivity index (χ3n) is 4.83. The number of carbonyl (C=O) groups is 2. The molecule has 27 heavy (non-hydrogen) atoms. The number of hydrogen-bond donors (Lipinski definition) is 3. The maximum atomic E-state index is 12.1. The number of aliphatic carboxylic acids is 1. The van der Waals surface area contributed by atoms with Gasteiger partial charge in [-0.2, -0.15) is 8.78 Å². The van der Waals surface area contributed by atoms with Gasteiger partial charge in [0.05, 0.1) is 6.54 Å². The highest BCUT2D eigenvalue weighted by Gasteiger charge is 2.37. The Balaban J connectivity index is 1.41. The van der Waals surface area contributed by atoms with E-state index in [4.69, 9.17) is 5.11 Å². The molecule has 3 N–H and O–H groups in total. The fourth-order valence-corrected chi connectivity index (χ4v) is 3.22. The second-order valence-electron chi connectivity index (χ2n) is 7.09. The zero-order valence-corrected chi connectivity index (χ0v) is 14.7. The second kappa shape index (κ2) is 8.51. The number of anilines is 1. The Hall–Kier alpha value is -2.42. The molecule has 0 spiro atoms. The van der Waals surface area contributed by atoms with E-state index in [2.05, 4.69) is 15.4 Å². The van der Waals surface area contributed by atoms with Crippen LogP contribution in [-0.4, -0.2) is 53.8 Å². The summed E-state index contributed by atoms with van der Waals surface area (Å²) in [6, 6.07) is 5.44. The van der Waals surface area contributed by atoms with Gasteiger partial charge in [-0.3, -0.25) is 9.69 Å². The van der Waals surface area contributed by atoms with Gasteiger partial charge in [-0.25, -0.2) is 4.79 Å². The number of urea groups is 1. The maximum Gasteiger partial charge on any atom is 0.387 e. The lowest BCUT2D eigenvalue weighted by Gasteiger charge is -2.42. The fourth-order valence-electron chi connectivity index (χ4n) is 3.22. The average molecular weight is 383 g/mol. The smallest absolute Gasteiger partial charge is 0.387 e. The van der Waals surface area contributed by atoms with E-state index in [0.29, 0.717) is 24.4 Å². The van der Waals surface area contributed by atoms with Crippen LogP contribution < -0.4 is 15.4 Å². The summed E-state index contributed by atoms with van der Waals surface area (Å²) in [6.45, 7) is -2.05. The Bertz CT molecular complexity index is 661. The molecule has 0 aliphatic heterocycles. The van der Waals surface area contributed by atoms with E-state index in [0.717, 1.165) is 19.4 Å². The van der Waals surface area contributed by atoms with Crippen LogP contribution >= 0.6 is 0 Å². The SMILES string of the molecule is O=C(O)CN(CC1CC1)C1CC(NC(=O)Nc2ccc(OC(F)F)cc2)C1. The van der Waals surface area contributed by atoms with Crippen molar-refractivity contribution in [3.05, 3.63) is 24.3 Å². The summed E-state index contributed by atoms with van der Waals surface area (Å²) in [6.07, 6.45) is 3.76. The monoisotopic (exact) mass is 383 g/mol. The zero-order valence-electron chi connectivity index (χ0n) is 14.7. The summed E-state index contributed by atoms with van der Waals surface area (Å²) in [5.41, 5.74) is 0.464. The van der Waals surface area contributed by atoms with E-state index in [9.17, 15) is 18.4 Å². The van der Waals surface area contributed by atoms with Gasteiger partial charge >= 0.3 is 18.6 Å². The number of hydrogen-bond acceptors (Lipinski definition) is 4. The first-order valence-corrected chi connectivity index (χ1v) is 8.97. The van der Waals surface area contributed by atoms with E-state index in [1.807, 2.05) is 4.90 Å². The van der Waals surface area contributed by atoms with Gasteiger partial charge in [-0.15, -0.1) is 0 Å². The number of benzene rings is 1. The van der Waals surface area contributed by atoms with Crippen LogP contribution in [0.5, 0.6) is 5.75 Å². The molecule has 0 bridgehead atoms. The standard InChI is InChI=1S/C18H23F2N3O4/c19-17(20)27-15-5-3-12(4-6-15)21-18(26)22-13-7-14(8-13)23(10-16(24)25)9-11-1-2-11/h3-6,11,13-14,17H,1-2,7-10H2,(H,24,25)(H2,21,22,26). The molecule has 1 aromatic rings. The van der Waals surface area contributed by atoms with Crippen LogP contribution in [0.2, 0.25) is 0 Å². The highest BCUT2D eigenvalue weighted by Crippen LogP contribution is 2.33. The van der Waals surface area contributed by atoms with Crippen molar-refractivity contribution in [2.24, 2.45) is 5.92 Å². The molecule has 2 aliphatic rings. The summed E-state index contributed by atoms with van der Waals surface area (Å²) >= 11 is 0. The predicted molar refractivity (Wildman–Crippen MR) is 94.0 cm³/mol. The van der Waals surface area contributed by atoms with Gasteiger partial charge in [-0.05, 0) is 55.9 Å². The Morgan fingerprint density at radius 1 is 1.22 bits per heavy atom. The molecule has 7 nitrogen and oxygen atoms in total. The van der Waals surface area contributed by atoms with Crippen LogP contribution in [-0.2, 0) is 4.79 Å². The Labute approximate surface area is 155 Å². The van der Waals surface area contributed by atoms with Crippen LogP contribution in [0.1, 0.15) is 25.7 Å². The van der Waals surface area contributed by atoms with Gasteiger partial charge in [0.2, 0.25) is 0 Å². The van der Waals surface area contributed by atoms with Crippen LogP contribution in [0.25, 0.3) is 0 Å². The van der Waals surface area contributed by atoms with Gasteiger partial charge < -0.3 is 20.5 Å². The van der Waals surface area contributed by atoms with Crippen molar-refractivity contribution < 1.29 is 28.2 Å². The van der Waals surface area contributed by atoms with Crippen molar-refractivity contribution in [1.29, 1.82) is 0 Å². The number of rotatable bonds is 9. The fraction of sp³-hybridized carbons (Fsp3) is 0.556.